The second kappa shape index (κ2) is 4.90. The van der Waals surface area contributed by atoms with E-state index in [0.29, 0.717) is 12.5 Å². The summed E-state index contributed by atoms with van der Waals surface area (Å²) in [4.78, 5) is 10.1. The number of likely N-dealkylation sites (N-methyl/N-ethyl adjacent to an activating group) is 1. The van der Waals surface area contributed by atoms with E-state index < -0.39 is 0 Å². The maximum absolute atomic E-state index is 5.59. The number of aromatic nitrogens is 2. The van der Waals surface area contributed by atoms with Crippen LogP contribution in [0.2, 0.25) is 0 Å². The number of ether oxygens (including phenoxy) is 1. The summed E-state index contributed by atoms with van der Waals surface area (Å²) in [5.41, 5.74) is -0.0164. The van der Waals surface area contributed by atoms with Crippen molar-refractivity contribution < 1.29 is 4.74 Å². The predicted molar refractivity (Wildman–Crippen MR) is 63.0 cm³/mol. The van der Waals surface area contributed by atoms with Crippen LogP contribution in [0.5, 0.6) is 5.88 Å². The van der Waals surface area contributed by atoms with Gasteiger partial charge in [-0.05, 0) is 43.9 Å². The number of hydrogen-bond donors (Lipinski definition) is 0. The molecule has 0 unspecified atom stereocenters. The summed E-state index contributed by atoms with van der Waals surface area (Å²) in [7, 11) is 4.05. The highest BCUT2D eigenvalue weighted by atomic mass is 79.9. The fraction of sp³-hybridized carbons (Fsp3) is 0.600. The highest BCUT2D eigenvalue weighted by molar-refractivity contribution is 9.10. The minimum Gasteiger partial charge on any atom is -0.476 e. The molecule has 0 N–H and O–H groups in total. The van der Waals surface area contributed by atoms with Gasteiger partial charge in [0.1, 0.15) is 17.5 Å². The molecule has 0 spiro atoms. The Morgan fingerprint density at radius 2 is 2.07 bits per heavy atom. The number of rotatable bonds is 4. The van der Waals surface area contributed by atoms with Gasteiger partial charge in [-0.15, -0.1) is 0 Å². The second-order valence-electron chi connectivity index (χ2n) is 4.17. The van der Waals surface area contributed by atoms with Crippen LogP contribution in [0.25, 0.3) is 0 Å². The van der Waals surface area contributed by atoms with Gasteiger partial charge in [0.25, 0.3) is 0 Å². The maximum Gasteiger partial charge on any atom is 0.217 e. The quantitative estimate of drug-likeness (QED) is 0.787. The fourth-order valence-electron chi connectivity index (χ4n) is 0.776. The van der Waals surface area contributed by atoms with Gasteiger partial charge >= 0.3 is 0 Å². The minimum absolute atomic E-state index is 0.0164. The van der Waals surface area contributed by atoms with Gasteiger partial charge in [0.15, 0.2) is 0 Å². The van der Waals surface area contributed by atoms with Crippen molar-refractivity contribution >= 4 is 15.9 Å². The van der Waals surface area contributed by atoms with E-state index in [-0.39, 0.29) is 5.54 Å². The molecule has 0 bridgehead atoms. The largest absolute Gasteiger partial charge is 0.476 e. The van der Waals surface area contributed by atoms with Crippen LogP contribution in [0.4, 0.5) is 0 Å². The van der Waals surface area contributed by atoms with Crippen LogP contribution in [0, 0.1) is 0 Å². The summed E-state index contributed by atoms with van der Waals surface area (Å²) in [5.74, 6) is 0.590. The van der Waals surface area contributed by atoms with Crippen molar-refractivity contribution in [1.29, 1.82) is 0 Å². The van der Waals surface area contributed by atoms with Crippen molar-refractivity contribution in [1.82, 2.24) is 14.9 Å². The molecule has 0 saturated heterocycles. The lowest BCUT2D eigenvalue weighted by Crippen LogP contribution is -2.43. The van der Waals surface area contributed by atoms with E-state index in [0.717, 1.165) is 4.60 Å². The molecule has 0 aliphatic heterocycles. The maximum atomic E-state index is 5.59. The first-order valence-electron chi connectivity index (χ1n) is 4.69. The molecule has 0 atom stereocenters. The lowest BCUT2D eigenvalue weighted by molar-refractivity contribution is 0.111. The van der Waals surface area contributed by atoms with Gasteiger partial charge in [0.2, 0.25) is 5.88 Å². The summed E-state index contributed by atoms with van der Waals surface area (Å²) >= 11 is 3.27. The van der Waals surface area contributed by atoms with Crippen LogP contribution in [-0.2, 0) is 0 Å². The number of hydrogen-bond acceptors (Lipinski definition) is 4. The zero-order valence-electron chi connectivity index (χ0n) is 9.49. The summed E-state index contributed by atoms with van der Waals surface area (Å²) in [5, 5.41) is 0. The summed E-state index contributed by atoms with van der Waals surface area (Å²) < 4.78 is 6.32. The molecule has 1 rings (SSSR count). The first-order chi connectivity index (χ1) is 6.92. The van der Waals surface area contributed by atoms with E-state index in [1.165, 1.54) is 6.33 Å². The van der Waals surface area contributed by atoms with Gasteiger partial charge in [0, 0.05) is 11.6 Å². The molecule has 0 aliphatic carbocycles. The predicted octanol–water partition coefficient (Wildman–Crippen LogP) is 1.96. The summed E-state index contributed by atoms with van der Waals surface area (Å²) in [6.45, 7) is 4.82. The van der Waals surface area contributed by atoms with Crippen LogP contribution < -0.4 is 4.74 Å². The zero-order chi connectivity index (χ0) is 11.5. The third kappa shape index (κ3) is 3.76. The van der Waals surface area contributed by atoms with Crippen molar-refractivity contribution in [3.05, 3.63) is 17.0 Å². The van der Waals surface area contributed by atoms with E-state index in [1.54, 1.807) is 6.07 Å². The summed E-state index contributed by atoms with van der Waals surface area (Å²) in [6.07, 6.45) is 1.47. The van der Waals surface area contributed by atoms with Crippen LogP contribution in [0.15, 0.2) is 17.0 Å². The fourth-order valence-corrected chi connectivity index (χ4v) is 1.06. The highest BCUT2D eigenvalue weighted by Crippen LogP contribution is 2.15. The third-order valence-corrected chi connectivity index (χ3v) is 2.83. The van der Waals surface area contributed by atoms with Gasteiger partial charge in [0.05, 0.1) is 0 Å². The molecule has 0 aromatic carbocycles. The monoisotopic (exact) mass is 273 g/mol. The van der Waals surface area contributed by atoms with Crippen LogP contribution in [-0.4, -0.2) is 41.1 Å². The molecule has 0 fully saturated rings. The van der Waals surface area contributed by atoms with Gasteiger partial charge in [-0.1, -0.05) is 0 Å². The minimum atomic E-state index is -0.0164. The smallest absolute Gasteiger partial charge is 0.217 e. The molecule has 0 radical (unpaired) electrons. The first-order valence-corrected chi connectivity index (χ1v) is 5.49. The van der Waals surface area contributed by atoms with Crippen LogP contribution in [0.1, 0.15) is 13.8 Å². The molecule has 0 saturated carbocycles. The Morgan fingerprint density at radius 3 is 2.60 bits per heavy atom. The Hall–Kier alpha value is -0.680. The SMILES string of the molecule is CN(C)C(C)(C)COc1cc(Br)ncn1. The molecule has 1 aromatic rings. The topological polar surface area (TPSA) is 38.2 Å². The van der Waals surface area contributed by atoms with Gasteiger partial charge in [-0.2, -0.15) is 0 Å². The molecule has 5 heteroatoms. The Kier molecular flexibility index (Phi) is 4.04. The van der Waals surface area contributed by atoms with Crippen molar-refractivity contribution in [3.63, 3.8) is 0 Å². The van der Waals surface area contributed by atoms with E-state index in [9.17, 15) is 0 Å². The molecule has 4 nitrogen and oxygen atoms in total. The Morgan fingerprint density at radius 1 is 1.40 bits per heavy atom. The van der Waals surface area contributed by atoms with E-state index >= 15 is 0 Å². The molecule has 84 valence electrons. The lowest BCUT2D eigenvalue weighted by atomic mass is 10.1. The van der Waals surface area contributed by atoms with E-state index in [2.05, 4.69) is 44.6 Å². The van der Waals surface area contributed by atoms with Crippen molar-refractivity contribution in [2.24, 2.45) is 0 Å². The van der Waals surface area contributed by atoms with E-state index in [1.807, 2.05) is 14.1 Å². The Labute approximate surface area is 98.8 Å². The molecule has 1 aromatic heterocycles. The van der Waals surface area contributed by atoms with Gasteiger partial charge in [-0.3, -0.25) is 0 Å². The van der Waals surface area contributed by atoms with Crippen molar-refractivity contribution in [2.75, 3.05) is 20.7 Å². The summed E-state index contributed by atoms with van der Waals surface area (Å²) in [6, 6.07) is 1.76. The average Bonchev–Trinajstić information content (AvgIpc) is 2.15. The Balaban J connectivity index is 2.57. The van der Waals surface area contributed by atoms with Crippen molar-refractivity contribution in [3.8, 4) is 5.88 Å². The van der Waals surface area contributed by atoms with E-state index in [4.69, 9.17) is 4.74 Å². The second-order valence-corrected chi connectivity index (χ2v) is 4.99. The zero-order valence-corrected chi connectivity index (χ0v) is 11.1. The lowest BCUT2D eigenvalue weighted by Gasteiger charge is -2.31. The van der Waals surface area contributed by atoms with Crippen LogP contribution in [0.3, 0.4) is 0 Å². The molecular weight excluding hydrogens is 258 g/mol. The van der Waals surface area contributed by atoms with Crippen LogP contribution >= 0.6 is 15.9 Å². The third-order valence-electron chi connectivity index (χ3n) is 2.39. The molecule has 1 heterocycles. The average molecular weight is 274 g/mol. The highest BCUT2D eigenvalue weighted by Gasteiger charge is 2.21. The molecular formula is C10H16BrN3O. The Bertz CT molecular complexity index is 328. The number of halogens is 1. The van der Waals surface area contributed by atoms with Gasteiger partial charge in [-0.25, -0.2) is 9.97 Å². The van der Waals surface area contributed by atoms with Crippen molar-refractivity contribution in [2.45, 2.75) is 19.4 Å². The normalized spacial score (nSPS) is 11.9. The molecule has 15 heavy (non-hydrogen) atoms. The number of nitrogens with zero attached hydrogens (tertiary/aromatic N) is 3. The molecule has 0 aliphatic rings. The standard InChI is InChI=1S/C10H16BrN3O/c1-10(2,14(3)4)6-15-9-5-8(11)12-7-13-9/h5,7H,6H2,1-4H3. The molecule has 0 amide bonds. The first kappa shape index (κ1) is 12.4. The van der Waals surface area contributed by atoms with Gasteiger partial charge < -0.3 is 9.64 Å².